The summed E-state index contributed by atoms with van der Waals surface area (Å²) in [6.07, 6.45) is 1.43. The Morgan fingerprint density at radius 1 is 1.42 bits per heavy atom. The molecule has 0 saturated heterocycles. The Bertz CT molecular complexity index is 317. The summed E-state index contributed by atoms with van der Waals surface area (Å²) in [6, 6.07) is 3.53. The van der Waals surface area contributed by atoms with Crippen molar-refractivity contribution in [2.75, 3.05) is 14.2 Å². The van der Waals surface area contributed by atoms with Gasteiger partial charge in [-0.25, -0.2) is 4.98 Å². The van der Waals surface area contributed by atoms with E-state index in [-0.39, 0.29) is 0 Å². The lowest BCUT2D eigenvalue weighted by molar-refractivity contribution is 0.343. The van der Waals surface area contributed by atoms with Gasteiger partial charge in [0.1, 0.15) is 6.07 Å². The average Bonchev–Trinajstić information content (AvgIpc) is 2.16. The number of hydrogen-bond acceptors (Lipinski definition) is 4. The maximum absolute atomic E-state index is 8.53. The normalized spacial score (nSPS) is 8.75. The van der Waals surface area contributed by atoms with Crippen molar-refractivity contribution in [3.8, 4) is 17.7 Å². The fourth-order valence-corrected chi connectivity index (χ4v) is 0.793. The van der Waals surface area contributed by atoms with Gasteiger partial charge in [0.05, 0.1) is 19.8 Å². The van der Waals surface area contributed by atoms with Crippen LogP contribution < -0.4 is 9.47 Å². The fourth-order valence-electron chi connectivity index (χ4n) is 0.793. The van der Waals surface area contributed by atoms with Crippen molar-refractivity contribution in [3.63, 3.8) is 0 Å². The van der Waals surface area contributed by atoms with Gasteiger partial charge < -0.3 is 9.47 Å². The lowest BCUT2D eigenvalue weighted by Gasteiger charge is -2.04. The molecule has 0 radical (unpaired) electrons. The first-order valence-electron chi connectivity index (χ1n) is 3.30. The molecule has 4 nitrogen and oxygen atoms in total. The molecule has 4 heteroatoms. The Morgan fingerprint density at radius 2 is 2.17 bits per heavy atom. The van der Waals surface area contributed by atoms with Crippen LogP contribution in [-0.2, 0) is 0 Å². The monoisotopic (exact) mass is 164 g/mol. The summed E-state index contributed by atoms with van der Waals surface area (Å²) >= 11 is 0. The molecule has 0 aliphatic rings. The lowest BCUT2D eigenvalue weighted by Crippen LogP contribution is -1.93. The Morgan fingerprint density at radius 3 is 2.67 bits per heavy atom. The van der Waals surface area contributed by atoms with Crippen molar-refractivity contribution in [2.24, 2.45) is 0 Å². The SMILES string of the molecule is COc1cc(C#N)cnc1OC. The van der Waals surface area contributed by atoms with E-state index in [9.17, 15) is 0 Å². The molecule has 1 aromatic heterocycles. The van der Waals surface area contributed by atoms with Crippen LogP contribution in [0.1, 0.15) is 5.56 Å². The smallest absolute Gasteiger partial charge is 0.256 e. The Balaban J connectivity index is 3.13. The molecule has 0 amide bonds. The first-order chi connectivity index (χ1) is 5.81. The number of aromatic nitrogens is 1. The van der Waals surface area contributed by atoms with E-state index in [1.165, 1.54) is 20.4 Å². The molecule has 0 aromatic carbocycles. The van der Waals surface area contributed by atoms with E-state index in [0.29, 0.717) is 17.2 Å². The number of rotatable bonds is 2. The summed E-state index contributed by atoms with van der Waals surface area (Å²) in [4.78, 5) is 3.87. The van der Waals surface area contributed by atoms with E-state index >= 15 is 0 Å². The van der Waals surface area contributed by atoms with Gasteiger partial charge in [-0.05, 0) is 0 Å². The number of ether oxygens (including phenoxy) is 2. The van der Waals surface area contributed by atoms with Crippen molar-refractivity contribution in [2.45, 2.75) is 0 Å². The van der Waals surface area contributed by atoms with E-state index in [4.69, 9.17) is 14.7 Å². The minimum absolute atomic E-state index is 0.386. The van der Waals surface area contributed by atoms with Gasteiger partial charge in [0.25, 0.3) is 5.88 Å². The van der Waals surface area contributed by atoms with Gasteiger partial charge >= 0.3 is 0 Å². The van der Waals surface area contributed by atoms with Gasteiger partial charge in [0.15, 0.2) is 5.75 Å². The van der Waals surface area contributed by atoms with Crippen LogP contribution in [0.2, 0.25) is 0 Å². The summed E-state index contributed by atoms with van der Waals surface area (Å²) in [7, 11) is 3.00. The average molecular weight is 164 g/mol. The highest BCUT2D eigenvalue weighted by Crippen LogP contribution is 2.23. The second-order valence-electron chi connectivity index (χ2n) is 2.05. The standard InChI is InChI=1S/C8H8N2O2/c1-11-7-3-6(4-9)5-10-8(7)12-2/h3,5H,1-2H3. The third-order valence-corrected chi connectivity index (χ3v) is 1.36. The van der Waals surface area contributed by atoms with E-state index in [1.807, 2.05) is 6.07 Å². The van der Waals surface area contributed by atoms with Crippen molar-refractivity contribution in [1.82, 2.24) is 4.98 Å². The van der Waals surface area contributed by atoms with Crippen LogP contribution in [0.15, 0.2) is 12.3 Å². The molecule has 12 heavy (non-hydrogen) atoms. The summed E-state index contributed by atoms with van der Waals surface area (Å²) in [6.45, 7) is 0. The van der Waals surface area contributed by atoms with E-state index < -0.39 is 0 Å². The maximum Gasteiger partial charge on any atom is 0.256 e. The fraction of sp³-hybridized carbons (Fsp3) is 0.250. The van der Waals surface area contributed by atoms with Gasteiger partial charge in [0, 0.05) is 12.3 Å². The van der Waals surface area contributed by atoms with Crippen LogP contribution in [0, 0.1) is 11.3 Å². The molecular formula is C8H8N2O2. The lowest BCUT2D eigenvalue weighted by atomic mass is 10.3. The third-order valence-electron chi connectivity index (χ3n) is 1.36. The third kappa shape index (κ3) is 1.45. The molecule has 1 rings (SSSR count). The van der Waals surface area contributed by atoms with Gasteiger partial charge in [0.2, 0.25) is 0 Å². The molecule has 0 fully saturated rings. The molecule has 1 heterocycles. The Kier molecular flexibility index (Phi) is 2.49. The van der Waals surface area contributed by atoms with Crippen LogP contribution in [0.25, 0.3) is 0 Å². The first-order valence-corrected chi connectivity index (χ1v) is 3.30. The number of nitriles is 1. The minimum atomic E-state index is 0.386. The van der Waals surface area contributed by atoms with Crippen LogP contribution in [-0.4, -0.2) is 19.2 Å². The predicted molar refractivity (Wildman–Crippen MR) is 42.1 cm³/mol. The van der Waals surface area contributed by atoms with Crippen LogP contribution in [0.5, 0.6) is 11.6 Å². The highest BCUT2D eigenvalue weighted by Gasteiger charge is 2.04. The summed E-state index contributed by atoms with van der Waals surface area (Å²) in [5, 5.41) is 8.53. The molecule has 0 spiro atoms. The second-order valence-corrected chi connectivity index (χ2v) is 2.05. The minimum Gasteiger partial charge on any atom is -0.491 e. The van der Waals surface area contributed by atoms with Crippen molar-refractivity contribution < 1.29 is 9.47 Å². The molecule has 0 N–H and O–H groups in total. The maximum atomic E-state index is 8.53. The quantitative estimate of drug-likeness (QED) is 0.653. The molecule has 1 aromatic rings. The summed E-state index contributed by atoms with van der Waals surface area (Å²) in [5.41, 5.74) is 0.452. The van der Waals surface area contributed by atoms with Crippen molar-refractivity contribution in [1.29, 1.82) is 5.26 Å². The van der Waals surface area contributed by atoms with E-state index in [2.05, 4.69) is 4.98 Å². The highest BCUT2D eigenvalue weighted by molar-refractivity contribution is 5.40. The molecule has 0 atom stereocenters. The number of methoxy groups -OCH3 is 2. The van der Waals surface area contributed by atoms with Crippen LogP contribution in [0.3, 0.4) is 0 Å². The zero-order valence-corrected chi connectivity index (χ0v) is 6.87. The second kappa shape index (κ2) is 3.58. The van der Waals surface area contributed by atoms with E-state index in [1.54, 1.807) is 6.07 Å². The van der Waals surface area contributed by atoms with Gasteiger partial charge in [-0.3, -0.25) is 0 Å². The molecular weight excluding hydrogens is 156 g/mol. The Labute approximate surface area is 70.4 Å². The summed E-state index contributed by atoms with van der Waals surface area (Å²) < 4.78 is 9.83. The van der Waals surface area contributed by atoms with Crippen LogP contribution in [0.4, 0.5) is 0 Å². The topological polar surface area (TPSA) is 55.1 Å². The molecule has 0 unspecified atom stereocenters. The summed E-state index contributed by atoms with van der Waals surface area (Å²) in [5.74, 6) is 0.855. The molecule has 0 aliphatic carbocycles. The number of pyridine rings is 1. The first kappa shape index (κ1) is 8.34. The van der Waals surface area contributed by atoms with E-state index in [0.717, 1.165) is 0 Å². The predicted octanol–water partition coefficient (Wildman–Crippen LogP) is 0.970. The van der Waals surface area contributed by atoms with Crippen molar-refractivity contribution in [3.05, 3.63) is 17.8 Å². The molecule has 0 bridgehead atoms. The number of hydrogen-bond donors (Lipinski definition) is 0. The zero-order chi connectivity index (χ0) is 8.97. The molecule has 0 saturated carbocycles. The zero-order valence-electron chi connectivity index (χ0n) is 6.87. The van der Waals surface area contributed by atoms with Gasteiger partial charge in [-0.1, -0.05) is 0 Å². The number of nitrogens with zero attached hydrogens (tertiary/aromatic N) is 2. The largest absolute Gasteiger partial charge is 0.491 e. The van der Waals surface area contributed by atoms with Crippen LogP contribution >= 0.6 is 0 Å². The van der Waals surface area contributed by atoms with Gasteiger partial charge in [-0.2, -0.15) is 5.26 Å². The van der Waals surface area contributed by atoms with Gasteiger partial charge in [-0.15, -0.1) is 0 Å². The Hall–Kier alpha value is -1.76. The highest BCUT2D eigenvalue weighted by atomic mass is 16.5. The molecule has 0 aliphatic heterocycles. The van der Waals surface area contributed by atoms with Crippen molar-refractivity contribution >= 4 is 0 Å². The molecule has 62 valence electrons.